The molecular weight excluding hydrogens is 647 g/mol. The van der Waals surface area contributed by atoms with Gasteiger partial charge < -0.3 is 4.90 Å². The third-order valence-corrected chi connectivity index (χ3v) is 11.5. The van der Waals surface area contributed by atoms with Crippen LogP contribution in [-0.4, -0.2) is 0 Å². The molecule has 0 atom stereocenters. The molecule has 0 bridgehead atoms. The zero-order chi connectivity index (χ0) is 34.4. The Labute approximate surface area is 307 Å². The molecule has 0 aliphatic heterocycles. The Hall–Kier alpha value is -6.48. The molecule has 1 aromatic heterocycles. The van der Waals surface area contributed by atoms with E-state index in [9.17, 15) is 0 Å². The van der Waals surface area contributed by atoms with E-state index in [1.165, 1.54) is 80.8 Å². The van der Waals surface area contributed by atoms with Crippen LogP contribution >= 0.6 is 11.3 Å². The van der Waals surface area contributed by atoms with E-state index in [1.54, 1.807) is 0 Å². The molecule has 244 valence electrons. The van der Waals surface area contributed by atoms with Crippen LogP contribution in [0, 0.1) is 0 Å². The van der Waals surface area contributed by atoms with Crippen molar-refractivity contribution in [2.75, 3.05) is 4.90 Å². The Bertz CT molecular complexity index is 2880. The lowest BCUT2D eigenvalue weighted by atomic mass is 9.94. The summed E-state index contributed by atoms with van der Waals surface area (Å²) >= 11 is 1.87. The number of hydrogen-bond acceptors (Lipinski definition) is 2. The van der Waals surface area contributed by atoms with Gasteiger partial charge in [-0.2, -0.15) is 0 Å². The molecule has 0 saturated heterocycles. The standard InChI is InChI=1S/C50H33NS/c1-2-11-34(12-3-1)39-24-23-36-15-9-19-44(47(36)33-39)38-27-31-41(32-28-38)51(48-21-10-20-46-45-17-6-7-22-49(45)52-50(46)48)40-29-25-37(26-30-40)43-18-8-14-35-13-4-5-16-42(35)43/h1-33H. The number of anilines is 3. The minimum atomic E-state index is 1.12. The maximum atomic E-state index is 2.42. The number of benzene rings is 9. The van der Waals surface area contributed by atoms with Gasteiger partial charge >= 0.3 is 0 Å². The molecule has 10 aromatic rings. The molecule has 1 heterocycles. The van der Waals surface area contributed by atoms with Crippen LogP contribution in [0.1, 0.15) is 0 Å². The van der Waals surface area contributed by atoms with Crippen LogP contribution in [0.2, 0.25) is 0 Å². The molecule has 0 aliphatic rings. The summed E-state index contributed by atoms with van der Waals surface area (Å²) in [5.41, 5.74) is 10.8. The minimum absolute atomic E-state index is 1.12. The largest absolute Gasteiger partial charge is 0.309 e. The maximum Gasteiger partial charge on any atom is 0.0640 e. The first kappa shape index (κ1) is 30.4. The average Bonchev–Trinajstić information content (AvgIpc) is 3.61. The average molecular weight is 680 g/mol. The van der Waals surface area contributed by atoms with Crippen LogP contribution in [0.4, 0.5) is 17.1 Å². The molecule has 0 N–H and O–H groups in total. The monoisotopic (exact) mass is 679 g/mol. The van der Waals surface area contributed by atoms with E-state index in [4.69, 9.17) is 0 Å². The number of rotatable bonds is 6. The van der Waals surface area contributed by atoms with Gasteiger partial charge in [0.2, 0.25) is 0 Å². The van der Waals surface area contributed by atoms with Crippen LogP contribution in [0.3, 0.4) is 0 Å². The molecule has 0 radical (unpaired) electrons. The Morgan fingerprint density at radius 2 is 0.865 bits per heavy atom. The summed E-state index contributed by atoms with van der Waals surface area (Å²) in [5, 5.41) is 7.61. The predicted octanol–water partition coefficient (Wildman–Crippen LogP) is 14.8. The van der Waals surface area contributed by atoms with Gasteiger partial charge in [-0.3, -0.25) is 0 Å². The van der Waals surface area contributed by atoms with Gasteiger partial charge in [-0.25, -0.2) is 0 Å². The number of thiophene rings is 1. The Kier molecular flexibility index (Phi) is 7.41. The first-order chi connectivity index (χ1) is 25.8. The van der Waals surface area contributed by atoms with Crippen LogP contribution in [0.25, 0.3) is 75.1 Å². The summed E-state index contributed by atoms with van der Waals surface area (Å²) in [7, 11) is 0. The van der Waals surface area contributed by atoms with E-state index >= 15 is 0 Å². The predicted molar refractivity (Wildman–Crippen MR) is 225 cm³/mol. The quantitative estimate of drug-likeness (QED) is 0.169. The van der Waals surface area contributed by atoms with Gasteiger partial charge in [-0.15, -0.1) is 11.3 Å². The molecule has 2 heteroatoms. The molecular formula is C50H33NS. The van der Waals surface area contributed by atoms with Crippen molar-refractivity contribution in [2.45, 2.75) is 0 Å². The molecule has 10 rings (SSSR count). The highest BCUT2D eigenvalue weighted by molar-refractivity contribution is 7.26. The minimum Gasteiger partial charge on any atom is -0.309 e. The van der Waals surface area contributed by atoms with Gasteiger partial charge in [0.05, 0.1) is 10.4 Å². The molecule has 1 nitrogen and oxygen atoms in total. The highest BCUT2D eigenvalue weighted by Crippen LogP contribution is 2.45. The Balaban J connectivity index is 1.10. The van der Waals surface area contributed by atoms with Crippen LogP contribution in [0.15, 0.2) is 200 Å². The second kappa shape index (κ2) is 12.7. The fourth-order valence-electron chi connectivity index (χ4n) is 7.73. The van der Waals surface area contributed by atoms with Crippen molar-refractivity contribution in [3.05, 3.63) is 200 Å². The summed E-state index contributed by atoms with van der Waals surface area (Å²) in [5.74, 6) is 0. The smallest absolute Gasteiger partial charge is 0.0640 e. The molecule has 0 saturated carbocycles. The molecule has 9 aromatic carbocycles. The van der Waals surface area contributed by atoms with Crippen molar-refractivity contribution in [1.29, 1.82) is 0 Å². The summed E-state index contributed by atoms with van der Waals surface area (Å²) in [4.78, 5) is 2.42. The van der Waals surface area contributed by atoms with Crippen molar-refractivity contribution in [3.8, 4) is 33.4 Å². The summed E-state index contributed by atoms with van der Waals surface area (Å²) < 4.78 is 2.59. The van der Waals surface area contributed by atoms with E-state index in [0.29, 0.717) is 0 Å². The van der Waals surface area contributed by atoms with Crippen LogP contribution in [-0.2, 0) is 0 Å². The van der Waals surface area contributed by atoms with Gasteiger partial charge in [-0.1, -0.05) is 158 Å². The highest BCUT2D eigenvalue weighted by atomic mass is 32.1. The lowest BCUT2D eigenvalue weighted by molar-refractivity contribution is 1.30. The van der Waals surface area contributed by atoms with Gasteiger partial charge in [0.15, 0.2) is 0 Å². The Morgan fingerprint density at radius 1 is 0.327 bits per heavy atom. The summed E-state index contributed by atoms with van der Waals surface area (Å²) in [6.45, 7) is 0. The van der Waals surface area contributed by atoms with Crippen molar-refractivity contribution in [1.82, 2.24) is 0 Å². The van der Waals surface area contributed by atoms with Crippen molar-refractivity contribution in [3.63, 3.8) is 0 Å². The van der Waals surface area contributed by atoms with E-state index in [-0.39, 0.29) is 0 Å². The van der Waals surface area contributed by atoms with Gasteiger partial charge in [-0.05, 0) is 97.4 Å². The van der Waals surface area contributed by atoms with E-state index in [0.717, 1.165) is 11.4 Å². The lowest BCUT2D eigenvalue weighted by Crippen LogP contribution is -2.10. The molecule has 0 spiro atoms. The van der Waals surface area contributed by atoms with Gasteiger partial charge in [0.25, 0.3) is 0 Å². The van der Waals surface area contributed by atoms with E-state index < -0.39 is 0 Å². The number of hydrogen-bond donors (Lipinski definition) is 0. The van der Waals surface area contributed by atoms with Crippen molar-refractivity contribution < 1.29 is 0 Å². The van der Waals surface area contributed by atoms with E-state index in [2.05, 4.69) is 205 Å². The molecule has 0 aliphatic carbocycles. The summed E-state index contributed by atoms with van der Waals surface area (Å²) in [6.07, 6.45) is 0. The SMILES string of the molecule is c1ccc(-c2ccc3cccc(-c4ccc(N(c5ccc(-c6cccc7ccccc67)cc5)c5cccc6c5sc5ccccc56)cc4)c3c2)cc1. The van der Waals surface area contributed by atoms with Gasteiger partial charge in [0, 0.05) is 26.8 Å². The fraction of sp³-hybridized carbons (Fsp3) is 0. The highest BCUT2D eigenvalue weighted by Gasteiger charge is 2.19. The van der Waals surface area contributed by atoms with Crippen molar-refractivity contribution in [2.24, 2.45) is 0 Å². The molecule has 52 heavy (non-hydrogen) atoms. The Morgan fingerprint density at radius 3 is 1.60 bits per heavy atom. The second-order valence-electron chi connectivity index (χ2n) is 13.3. The third kappa shape index (κ3) is 5.24. The zero-order valence-electron chi connectivity index (χ0n) is 28.4. The molecule has 0 unspecified atom stereocenters. The number of nitrogens with zero attached hydrogens (tertiary/aromatic N) is 1. The summed E-state index contributed by atoms with van der Waals surface area (Å²) in [6, 6.07) is 72.9. The maximum absolute atomic E-state index is 2.42. The van der Waals surface area contributed by atoms with Crippen LogP contribution < -0.4 is 4.90 Å². The first-order valence-electron chi connectivity index (χ1n) is 17.8. The van der Waals surface area contributed by atoms with Crippen LogP contribution in [0.5, 0.6) is 0 Å². The zero-order valence-corrected chi connectivity index (χ0v) is 29.2. The third-order valence-electron chi connectivity index (χ3n) is 10.3. The molecule has 0 amide bonds. The van der Waals surface area contributed by atoms with Crippen molar-refractivity contribution >= 4 is 70.1 Å². The first-order valence-corrected chi connectivity index (χ1v) is 18.6. The topological polar surface area (TPSA) is 3.24 Å². The molecule has 0 fully saturated rings. The van der Waals surface area contributed by atoms with Gasteiger partial charge in [0.1, 0.15) is 0 Å². The normalized spacial score (nSPS) is 11.5. The second-order valence-corrected chi connectivity index (χ2v) is 14.4. The fourth-order valence-corrected chi connectivity index (χ4v) is 8.93. The number of fused-ring (bicyclic) bond motifs is 5. The van der Waals surface area contributed by atoms with E-state index in [1.807, 2.05) is 11.3 Å². The lowest BCUT2D eigenvalue weighted by Gasteiger charge is -2.26.